The number of fused-ring (bicyclic) bond motifs is 1. The zero-order chi connectivity index (χ0) is 13.3. The molecule has 1 aromatic carbocycles. The monoisotopic (exact) mass is 263 g/mol. The molecule has 4 heteroatoms. The van der Waals surface area contributed by atoms with Crippen LogP contribution in [0, 0.1) is 0 Å². The Labute approximate surface area is 113 Å². The molecule has 1 heterocycles. The minimum atomic E-state index is -0.243. The van der Waals surface area contributed by atoms with Crippen LogP contribution in [0.1, 0.15) is 43.2 Å². The Bertz CT molecular complexity index is 467. The Morgan fingerprint density at radius 3 is 2.74 bits per heavy atom. The molecular weight excluding hydrogens is 242 g/mol. The number of methoxy groups -OCH3 is 1. The Kier molecular flexibility index (Phi) is 3.37. The van der Waals surface area contributed by atoms with Crippen molar-refractivity contribution in [2.24, 2.45) is 5.73 Å². The molecule has 0 aromatic heterocycles. The highest BCUT2D eigenvalue weighted by molar-refractivity contribution is 5.54. The summed E-state index contributed by atoms with van der Waals surface area (Å²) in [5.74, 6) is 1.62. The van der Waals surface area contributed by atoms with Crippen LogP contribution in [-0.4, -0.2) is 13.9 Å². The zero-order valence-corrected chi connectivity index (χ0v) is 11.4. The molecule has 0 radical (unpaired) electrons. The summed E-state index contributed by atoms with van der Waals surface area (Å²) in [6.07, 6.45) is 5.73. The topological polar surface area (TPSA) is 53.7 Å². The molecule has 104 valence electrons. The maximum absolute atomic E-state index is 6.65. The van der Waals surface area contributed by atoms with E-state index in [0.29, 0.717) is 6.61 Å². The van der Waals surface area contributed by atoms with Gasteiger partial charge in [0, 0.05) is 18.2 Å². The molecule has 1 aromatic rings. The predicted octanol–water partition coefficient (Wildman–Crippen LogP) is 2.68. The van der Waals surface area contributed by atoms with Gasteiger partial charge in [0.1, 0.15) is 0 Å². The molecule has 0 saturated heterocycles. The molecule has 19 heavy (non-hydrogen) atoms. The summed E-state index contributed by atoms with van der Waals surface area (Å²) in [4.78, 5) is 0. The van der Waals surface area contributed by atoms with Gasteiger partial charge < -0.3 is 19.9 Å². The van der Waals surface area contributed by atoms with Gasteiger partial charge in [-0.2, -0.15) is 0 Å². The molecule has 3 rings (SSSR count). The number of hydrogen-bond acceptors (Lipinski definition) is 4. The van der Waals surface area contributed by atoms with Crippen molar-refractivity contribution in [1.29, 1.82) is 0 Å². The second-order valence-corrected chi connectivity index (χ2v) is 5.48. The van der Waals surface area contributed by atoms with Crippen molar-refractivity contribution in [3.63, 3.8) is 0 Å². The highest BCUT2D eigenvalue weighted by Crippen LogP contribution is 2.44. The van der Waals surface area contributed by atoms with Crippen molar-refractivity contribution in [2.45, 2.75) is 44.2 Å². The molecule has 0 amide bonds. The molecule has 0 atom stereocenters. The average Bonchev–Trinajstić information content (AvgIpc) is 2.89. The van der Waals surface area contributed by atoms with Crippen molar-refractivity contribution >= 4 is 0 Å². The predicted molar refractivity (Wildman–Crippen MR) is 72.2 cm³/mol. The van der Waals surface area contributed by atoms with E-state index in [1.807, 2.05) is 6.07 Å². The maximum atomic E-state index is 6.65. The van der Waals surface area contributed by atoms with Crippen molar-refractivity contribution < 1.29 is 14.2 Å². The number of rotatable bonds is 3. The van der Waals surface area contributed by atoms with E-state index in [1.54, 1.807) is 7.11 Å². The van der Waals surface area contributed by atoms with Crippen LogP contribution in [0.25, 0.3) is 0 Å². The first-order valence-corrected chi connectivity index (χ1v) is 6.94. The third kappa shape index (κ3) is 2.19. The Morgan fingerprint density at radius 2 is 2.00 bits per heavy atom. The fourth-order valence-corrected chi connectivity index (χ4v) is 3.24. The summed E-state index contributed by atoms with van der Waals surface area (Å²) >= 11 is 0. The van der Waals surface area contributed by atoms with Gasteiger partial charge >= 0.3 is 0 Å². The Hall–Kier alpha value is -1.26. The highest BCUT2D eigenvalue weighted by atomic mass is 16.7. The van der Waals surface area contributed by atoms with Gasteiger partial charge in [-0.15, -0.1) is 0 Å². The summed E-state index contributed by atoms with van der Waals surface area (Å²) in [5.41, 5.74) is 8.63. The van der Waals surface area contributed by atoms with Gasteiger partial charge in [0.2, 0.25) is 6.79 Å². The SMILES string of the molecule is COCc1c(C2(N)CCCCC2)ccc2c1OCO2. The van der Waals surface area contributed by atoms with Gasteiger partial charge in [-0.25, -0.2) is 0 Å². The van der Waals surface area contributed by atoms with E-state index in [2.05, 4.69) is 6.07 Å². The maximum Gasteiger partial charge on any atom is 0.231 e. The minimum absolute atomic E-state index is 0.243. The molecule has 0 unspecified atom stereocenters. The molecule has 0 bridgehead atoms. The number of hydrogen-bond donors (Lipinski definition) is 1. The molecular formula is C15H21NO3. The quantitative estimate of drug-likeness (QED) is 0.911. The number of ether oxygens (including phenoxy) is 3. The Balaban J connectivity index is 2.05. The molecule has 0 spiro atoms. The van der Waals surface area contributed by atoms with Crippen molar-refractivity contribution in [3.8, 4) is 11.5 Å². The normalized spacial score (nSPS) is 20.5. The van der Waals surface area contributed by atoms with E-state index < -0.39 is 0 Å². The lowest BCUT2D eigenvalue weighted by molar-refractivity contribution is 0.161. The van der Waals surface area contributed by atoms with Crippen molar-refractivity contribution in [3.05, 3.63) is 23.3 Å². The summed E-state index contributed by atoms with van der Waals surface area (Å²) in [5, 5.41) is 0. The standard InChI is InChI=1S/C15H21NO3/c1-17-9-11-12(15(16)7-3-2-4-8-15)5-6-13-14(11)19-10-18-13/h5-6H,2-4,7-10,16H2,1H3. The first kappa shape index (κ1) is 12.8. The first-order chi connectivity index (χ1) is 9.24. The minimum Gasteiger partial charge on any atom is -0.454 e. The third-order valence-corrected chi connectivity index (χ3v) is 4.21. The molecule has 1 fully saturated rings. The van der Waals surface area contributed by atoms with Crippen LogP contribution in [0.5, 0.6) is 11.5 Å². The number of nitrogens with two attached hydrogens (primary N) is 1. The second-order valence-electron chi connectivity index (χ2n) is 5.48. The summed E-state index contributed by atoms with van der Waals surface area (Å²) in [6.45, 7) is 0.799. The lowest BCUT2D eigenvalue weighted by Gasteiger charge is -2.35. The molecule has 1 saturated carbocycles. The molecule has 1 aliphatic carbocycles. The molecule has 2 N–H and O–H groups in total. The van der Waals surface area contributed by atoms with Gasteiger partial charge in [0.05, 0.1) is 6.61 Å². The fourth-order valence-electron chi connectivity index (χ4n) is 3.24. The van der Waals surface area contributed by atoms with E-state index in [1.165, 1.54) is 24.8 Å². The third-order valence-electron chi connectivity index (χ3n) is 4.21. The van der Waals surface area contributed by atoms with Crippen LogP contribution < -0.4 is 15.2 Å². The van der Waals surface area contributed by atoms with E-state index in [9.17, 15) is 0 Å². The van der Waals surface area contributed by atoms with E-state index >= 15 is 0 Å². The second kappa shape index (κ2) is 5.02. The van der Waals surface area contributed by atoms with Gasteiger partial charge in [-0.3, -0.25) is 0 Å². The van der Waals surface area contributed by atoms with Gasteiger partial charge in [0.15, 0.2) is 11.5 Å². The summed E-state index contributed by atoms with van der Waals surface area (Å²) < 4.78 is 16.4. The fraction of sp³-hybridized carbons (Fsp3) is 0.600. The number of benzene rings is 1. The highest BCUT2D eigenvalue weighted by Gasteiger charge is 2.34. The van der Waals surface area contributed by atoms with Crippen LogP contribution >= 0.6 is 0 Å². The van der Waals surface area contributed by atoms with Crippen LogP contribution in [0.4, 0.5) is 0 Å². The van der Waals surface area contributed by atoms with Crippen LogP contribution in [-0.2, 0) is 16.9 Å². The van der Waals surface area contributed by atoms with Gasteiger partial charge in [0.25, 0.3) is 0 Å². The van der Waals surface area contributed by atoms with E-state index in [0.717, 1.165) is 29.9 Å². The lowest BCUT2D eigenvalue weighted by atomic mass is 9.75. The molecule has 4 nitrogen and oxygen atoms in total. The van der Waals surface area contributed by atoms with E-state index in [-0.39, 0.29) is 12.3 Å². The Morgan fingerprint density at radius 1 is 1.21 bits per heavy atom. The van der Waals surface area contributed by atoms with Crippen molar-refractivity contribution in [1.82, 2.24) is 0 Å². The lowest BCUT2D eigenvalue weighted by Crippen LogP contribution is -2.39. The van der Waals surface area contributed by atoms with Crippen LogP contribution in [0.15, 0.2) is 12.1 Å². The van der Waals surface area contributed by atoms with Crippen LogP contribution in [0.2, 0.25) is 0 Å². The first-order valence-electron chi connectivity index (χ1n) is 6.94. The average molecular weight is 263 g/mol. The van der Waals surface area contributed by atoms with Gasteiger partial charge in [-0.1, -0.05) is 25.3 Å². The van der Waals surface area contributed by atoms with Crippen LogP contribution in [0.3, 0.4) is 0 Å². The van der Waals surface area contributed by atoms with Crippen molar-refractivity contribution in [2.75, 3.05) is 13.9 Å². The molecule has 2 aliphatic rings. The largest absolute Gasteiger partial charge is 0.454 e. The zero-order valence-electron chi connectivity index (χ0n) is 11.4. The van der Waals surface area contributed by atoms with Gasteiger partial charge in [-0.05, 0) is 24.5 Å². The molecule has 1 aliphatic heterocycles. The summed E-state index contributed by atoms with van der Waals surface area (Å²) in [7, 11) is 1.70. The van der Waals surface area contributed by atoms with E-state index in [4.69, 9.17) is 19.9 Å². The summed E-state index contributed by atoms with van der Waals surface area (Å²) in [6, 6.07) is 4.06. The smallest absolute Gasteiger partial charge is 0.231 e.